The van der Waals surface area contributed by atoms with E-state index in [1.807, 2.05) is 0 Å². The summed E-state index contributed by atoms with van der Waals surface area (Å²) >= 11 is 0. The summed E-state index contributed by atoms with van der Waals surface area (Å²) in [5, 5.41) is 9.66. The second-order valence-electron chi connectivity index (χ2n) is 3.12. The van der Waals surface area contributed by atoms with Crippen LogP contribution < -0.4 is 5.32 Å². The number of nitrogens with one attached hydrogen (secondary N) is 2. The number of hydrogen-bond acceptors (Lipinski definition) is 5. The third-order valence-corrected chi connectivity index (χ3v) is 2.13. The molecule has 1 fully saturated rings. The average molecular weight is 269 g/mol. The molecule has 1 aliphatic heterocycles. The molecule has 0 saturated carbocycles. The minimum atomic E-state index is -0.470. The molecule has 0 aliphatic carbocycles. The Morgan fingerprint density at radius 1 is 1.50 bits per heavy atom. The van der Waals surface area contributed by atoms with Gasteiger partial charge in [0.2, 0.25) is 0 Å². The summed E-state index contributed by atoms with van der Waals surface area (Å²) in [5.74, 6) is 0.758. The van der Waals surface area contributed by atoms with Gasteiger partial charge in [-0.1, -0.05) is 0 Å². The average Bonchev–Trinajstić information content (AvgIpc) is 2.50. The molecule has 8 heteroatoms. The smallest absolute Gasteiger partial charge is 0.378 e. The van der Waals surface area contributed by atoms with Crippen molar-refractivity contribution < 1.29 is 9.53 Å². The van der Waals surface area contributed by atoms with Gasteiger partial charge in [0, 0.05) is 19.0 Å². The molecule has 92 valence electrons. The first-order chi connectivity index (χ1) is 6.81. The van der Waals surface area contributed by atoms with Crippen LogP contribution in [-0.2, 0) is 4.74 Å². The van der Waals surface area contributed by atoms with Gasteiger partial charge in [0.05, 0.1) is 6.61 Å². The molecule has 1 aliphatic rings. The molecule has 16 heavy (non-hydrogen) atoms. The van der Waals surface area contributed by atoms with Gasteiger partial charge in [0.1, 0.15) is 5.82 Å². The molecule has 2 N–H and O–H groups in total. The largest absolute Gasteiger partial charge is 0.460 e. The normalized spacial score (nSPS) is 14.3. The van der Waals surface area contributed by atoms with E-state index in [0.29, 0.717) is 12.5 Å². The first kappa shape index (κ1) is 15.2. The molecule has 0 radical (unpaired) electrons. The number of rotatable bonds is 3. The lowest BCUT2D eigenvalue weighted by Crippen LogP contribution is -2.40. The van der Waals surface area contributed by atoms with Crippen LogP contribution in [0.15, 0.2) is 0 Å². The fourth-order valence-corrected chi connectivity index (χ4v) is 1.23. The molecular formula is C8H14Cl2N4O2. The molecular weight excluding hydrogens is 255 g/mol. The maximum Gasteiger partial charge on any atom is 0.378 e. The summed E-state index contributed by atoms with van der Waals surface area (Å²) in [7, 11) is 0. The van der Waals surface area contributed by atoms with Crippen LogP contribution in [0.2, 0.25) is 0 Å². The Morgan fingerprint density at radius 2 is 2.19 bits per heavy atom. The number of carbonyl (C=O) groups is 1. The zero-order valence-corrected chi connectivity index (χ0v) is 10.4. The Hall–Kier alpha value is -0.850. The number of halogens is 2. The number of esters is 1. The van der Waals surface area contributed by atoms with E-state index in [9.17, 15) is 4.79 Å². The van der Waals surface area contributed by atoms with E-state index < -0.39 is 5.97 Å². The summed E-state index contributed by atoms with van der Waals surface area (Å²) in [6, 6.07) is 0. The van der Waals surface area contributed by atoms with Gasteiger partial charge < -0.3 is 10.1 Å². The summed E-state index contributed by atoms with van der Waals surface area (Å²) < 4.78 is 4.77. The zero-order valence-electron chi connectivity index (χ0n) is 8.73. The SMILES string of the molecule is CCOC(=O)c1n[nH]c(C2CNC2)n1.Cl.Cl. The van der Waals surface area contributed by atoms with Crippen molar-refractivity contribution in [3.8, 4) is 0 Å². The molecule has 2 heterocycles. The number of hydrogen-bond donors (Lipinski definition) is 2. The van der Waals surface area contributed by atoms with Crippen molar-refractivity contribution >= 4 is 30.8 Å². The highest BCUT2D eigenvalue weighted by Crippen LogP contribution is 2.14. The fraction of sp³-hybridized carbons (Fsp3) is 0.625. The number of nitrogens with zero attached hydrogens (tertiary/aromatic N) is 2. The quantitative estimate of drug-likeness (QED) is 0.781. The van der Waals surface area contributed by atoms with E-state index in [-0.39, 0.29) is 30.6 Å². The Morgan fingerprint density at radius 3 is 2.69 bits per heavy atom. The van der Waals surface area contributed by atoms with Crippen LogP contribution in [0.4, 0.5) is 0 Å². The van der Waals surface area contributed by atoms with Gasteiger partial charge in [-0.15, -0.1) is 29.9 Å². The lowest BCUT2D eigenvalue weighted by Gasteiger charge is -2.24. The summed E-state index contributed by atoms with van der Waals surface area (Å²) in [5.41, 5.74) is 0. The number of H-pyrrole nitrogens is 1. The van der Waals surface area contributed by atoms with Gasteiger partial charge in [0.15, 0.2) is 0 Å². The van der Waals surface area contributed by atoms with Crippen LogP contribution in [0.1, 0.15) is 29.3 Å². The topological polar surface area (TPSA) is 79.9 Å². The number of aromatic amines is 1. The number of ether oxygens (including phenoxy) is 1. The third kappa shape index (κ3) is 3.07. The van der Waals surface area contributed by atoms with E-state index in [1.54, 1.807) is 6.92 Å². The van der Waals surface area contributed by atoms with Crippen LogP contribution in [-0.4, -0.2) is 40.8 Å². The fourth-order valence-electron chi connectivity index (χ4n) is 1.23. The zero-order chi connectivity index (χ0) is 9.97. The minimum absolute atomic E-state index is 0. The van der Waals surface area contributed by atoms with Crippen molar-refractivity contribution in [2.24, 2.45) is 0 Å². The summed E-state index contributed by atoms with van der Waals surface area (Å²) in [4.78, 5) is 15.3. The molecule has 0 unspecified atom stereocenters. The highest BCUT2D eigenvalue weighted by molar-refractivity contribution is 5.85. The number of aromatic nitrogens is 3. The maximum absolute atomic E-state index is 11.2. The van der Waals surface area contributed by atoms with Crippen LogP contribution in [0, 0.1) is 0 Å². The monoisotopic (exact) mass is 268 g/mol. The van der Waals surface area contributed by atoms with Gasteiger partial charge in [-0.25, -0.2) is 9.78 Å². The van der Waals surface area contributed by atoms with E-state index in [2.05, 4.69) is 20.5 Å². The molecule has 1 saturated heterocycles. The standard InChI is InChI=1S/C8H12N4O2.2ClH/c1-2-14-8(13)7-10-6(11-12-7)5-3-9-4-5;;/h5,9H,2-4H2,1H3,(H,10,11,12);2*1H. The molecule has 6 nitrogen and oxygen atoms in total. The lowest BCUT2D eigenvalue weighted by atomic mass is 10.0. The van der Waals surface area contributed by atoms with Crippen molar-refractivity contribution in [3.63, 3.8) is 0 Å². The Labute approximate surface area is 105 Å². The maximum atomic E-state index is 11.2. The third-order valence-electron chi connectivity index (χ3n) is 2.13. The molecule has 0 aromatic carbocycles. The molecule has 0 bridgehead atoms. The van der Waals surface area contributed by atoms with E-state index in [1.165, 1.54) is 0 Å². The first-order valence-electron chi connectivity index (χ1n) is 4.61. The second-order valence-corrected chi connectivity index (χ2v) is 3.12. The summed E-state index contributed by atoms with van der Waals surface area (Å²) in [6.45, 7) is 3.87. The van der Waals surface area contributed by atoms with Crippen molar-refractivity contribution in [1.29, 1.82) is 0 Å². The van der Waals surface area contributed by atoms with Gasteiger partial charge in [-0.2, -0.15) is 0 Å². The molecule has 1 aromatic rings. The lowest BCUT2D eigenvalue weighted by molar-refractivity contribution is 0.0512. The van der Waals surface area contributed by atoms with Crippen LogP contribution >= 0.6 is 24.8 Å². The molecule has 1 aromatic heterocycles. The van der Waals surface area contributed by atoms with Crippen molar-refractivity contribution in [2.75, 3.05) is 19.7 Å². The minimum Gasteiger partial charge on any atom is -0.460 e. The summed E-state index contributed by atoms with van der Waals surface area (Å²) in [6.07, 6.45) is 0. The first-order valence-corrected chi connectivity index (χ1v) is 4.61. The number of carbonyl (C=O) groups excluding carboxylic acids is 1. The van der Waals surface area contributed by atoms with Crippen LogP contribution in [0.3, 0.4) is 0 Å². The van der Waals surface area contributed by atoms with E-state index in [0.717, 1.165) is 18.9 Å². The van der Waals surface area contributed by atoms with Gasteiger partial charge in [-0.3, -0.25) is 5.10 Å². The van der Waals surface area contributed by atoms with Crippen molar-refractivity contribution in [1.82, 2.24) is 20.5 Å². The van der Waals surface area contributed by atoms with E-state index in [4.69, 9.17) is 4.74 Å². The predicted molar refractivity (Wildman–Crippen MR) is 62.4 cm³/mol. The van der Waals surface area contributed by atoms with Crippen LogP contribution in [0.25, 0.3) is 0 Å². The molecule has 0 spiro atoms. The van der Waals surface area contributed by atoms with Crippen molar-refractivity contribution in [3.05, 3.63) is 11.6 Å². The molecule has 0 atom stereocenters. The predicted octanol–water partition coefficient (Wildman–Crippen LogP) is 0.512. The van der Waals surface area contributed by atoms with Gasteiger partial charge in [0.25, 0.3) is 5.82 Å². The Balaban J connectivity index is 0.00000112. The highest BCUT2D eigenvalue weighted by atomic mass is 35.5. The van der Waals surface area contributed by atoms with E-state index >= 15 is 0 Å². The molecule has 0 amide bonds. The highest BCUT2D eigenvalue weighted by Gasteiger charge is 2.24. The second kappa shape index (κ2) is 6.67. The van der Waals surface area contributed by atoms with Crippen LogP contribution in [0.5, 0.6) is 0 Å². The molecule has 2 rings (SSSR count). The Bertz CT molecular complexity index is 341. The van der Waals surface area contributed by atoms with Crippen molar-refractivity contribution in [2.45, 2.75) is 12.8 Å². The Kier molecular flexibility index (Phi) is 6.32. The van der Waals surface area contributed by atoms with Gasteiger partial charge >= 0.3 is 5.97 Å². The van der Waals surface area contributed by atoms with Gasteiger partial charge in [-0.05, 0) is 6.92 Å².